The van der Waals surface area contributed by atoms with Gasteiger partial charge in [-0.3, -0.25) is 0 Å². The van der Waals surface area contributed by atoms with Crippen LogP contribution in [0.15, 0.2) is 42.5 Å². The van der Waals surface area contributed by atoms with Gasteiger partial charge in [0.1, 0.15) is 0 Å². The molecule has 1 saturated heterocycles. The van der Waals surface area contributed by atoms with Crippen molar-refractivity contribution in [2.75, 3.05) is 31.2 Å². The number of anilines is 1. The third-order valence-corrected chi connectivity index (χ3v) is 3.54. The van der Waals surface area contributed by atoms with E-state index in [1.807, 2.05) is 24.3 Å². The van der Waals surface area contributed by atoms with E-state index in [2.05, 4.69) is 29.2 Å². The highest BCUT2D eigenvalue weighted by Crippen LogP contribution is 2.32. The van der Waals surface area contributed by atoms with Gasteiger partial charge in [0.2, 0.25) is 0 Å². The summed E-state index contributed by atoms with van der Waals surface area (Å²) < 4.78 is 5.42. The number of hydrogen-bond donors (Lipinski definition) is 0. The lowest BCUT2D eigenvalue weighted by Crippen LogP contribution is -2.36. The predicted molar refractivity (Wildman–Crippen MR) is 78.8 cm³/mol. The fraction of sp³-hybridized carbons (Fsp3) is 0.250. The molecule has 1 aliphatic heterocycles. The summed E-state index contributed by atoms with van der Waals surface area (Å²) in [4.78, 5) is 2.35. The molecule has 19 heavy (non-hydrogen) atoms. The molecule has 1 heterocycles. The number of para-hydroxylation sites is 1. The molecule has 3 heteroatoms. The molecule has 0 spiro atoms. The van der Waals surface area contributed by atoms with E-state index in [1.54, 1.807) is 0 Å². The average molecular weight is 273 g/mol. The van der Waals surface area contributed by atoms with Gasteiger partial charge in [-0.15, -0.1) is 0 Å². The molecule has 0 N–H and O–H groups in total. The molecule has 1 aliphatic rings. The van der Waals surface area contributed by atoms with Crippen LogP contribution in [0.1, 0.15) is 0 Å². The Kier molecular flexibility index (Phi) is 3.72. The second-order valence-corrected chi connectivity index (χ2v) is 4.97. The van der Waals surface area contributed by atoms with Gasteiger partial charge in [0.15, 0.2) is 0 Å². The second kappa shape index (κ2) is 5.64. The van der Waals surface area contributed by atoms with E-state index in [4.69, 9.17) is 16.3 Å². The third-order valence-electron chi connectivity index (χ3n) is 3.31. The molecular formula is C16H15ClNO. The van der Waals surface area contributed by atoms with E-state index in [0.717, 1.165) is 36.9 Å². The Morgan fingerprint density at radius 2 is 1.89 bits per heavy atom. The van der Waals surface area contributed by atoms with Gasteiger partial charge in [0.25, 0.3) is 0 Å². The maximum atomic E-state index is 6.08. The summed E-state index contributed by atoms with van der Waals surface area (Å²) in [6.45, 7) is 3.43. The summed E-state index contributed by atoms with van der Waals surface area (Å²) in [5.41, 5.74) is 3.44. The number of hydrogen-bond acceptors (Lipinski definition) is 2. The SMILES string of the molecule is Clc1cc[c]c(-c2ccccc2N2CCOCC2)c1. The fourth-order valence-electron chi connectivity index (χ4n) is 2.38. The maximum absolute atomic E-state index is 6.08. The first kappa shape index (κ1) is 12.5. The van der Waals surface area contributed by atoms with Crippen LogP contribution in [0.2, 0.25) is 5.02 Å². The molecule has 0 unspecified atom stereocenters. The van der Waals surface area contributed by atoms with Crippen molar-refractivity contribution in [2.45, 2.75) is 0 Å². The Labute approximate surface area is 118 Å². The monoisotopic (exact) mass is 272 g/mol. The third kappa shape index (κ3) is 2.75. The molecule has 97 valence electrons. The summed E-state index contributed by atoms with van der Waals surface area (Å²) in [5.74, 6) is 0. The van der Waals surface area contributed by atoms with E-state index in [9.17, 15) is 0 Å². The van der Waals surface area contributed by atoms with Crippen LogP contribution < -0.4 is 4.90 Å². The van der Waals surface area contributed by atoms with E-state index < -0.39 is 0 Å². The zero-order chi connectivity index (χ0) is 13.1. The number of morpholine rings is 1. The highest BCUT2D eigenvalue weighted by atomic mass is 35.5. The Bertz CT molecular complexity index is 564. The van der Waals surface area contributed by atoms with Crippen molar-refractivity contribution in [1.29, 1.82) is 0 Å². The summed E-state index contributed by atoms with van der Waals surface area (Å²) in [7, 11) is 0. The van der Waals surface area contributed by atoms with Crippen LogP contribution in [0.5, 0.6) is 0 Å². The summed E-state index contributed by atoms with van der Waals surface area (Å²) in [5, 5.41) is 0.741. The first-order valence-corrected chi connectivity index (χ1v) is 6.82. The van der Waals surface area contributed by atoms with Gasteiger partial charge in [-0.05, 0) is 29.8 Å². The summed E-state index contributed by atoms with van der Waals surface area (Å²) >= 11 is 6.08. The smallest absolute Gasteiger partial charge is 0.0642 e. The van der Waals surface area contributed by atoms with Crippen LogP contribution in [0.3, 0.4) is 0 Å². The van der Waals surface area contributed by atoms with Gasteiger partial charge in [-0.25, -0.2) is 0 Å². The number of nitrogens with zero attached hydrogens (tertiary/aromatic N) is 1. The number of benzene rings is 2. The quantitative estimate of drug-likeness (QED) is 0.828. The van der Waals surface area contributed by atoms with Gasteiger partial charge >= 0.3 is 0 Å². The molecule has 0 bridgehead atoms. The Morgan fingerprint density at radius 1 is 1.11 bits per heavy atom. The molecule has 2 aromatic rings. The highest BCUT2D eigenvalue weighted by Gasteiger charge is 2.15. The molecule has 0 aliphatic carbocycles. The lowest BCUT2D eigenvalue weighted by molar-refractivity contribution is 0.123. The average Bonchev–Trinajstić information content (AvgIpc) is 2.48. The van der Waals surface area contributed by atoms with Crippen molar-refractivity contribution in [2.24, 2.45) is 0 Å². The van der Waals surface area contributed by atoms with Crippen molar-refractivity contribution in [1.82, 2.24) is 0 Å². The van der Waals surface area contributed by atoms with E-state index in [0.29, 0.717) is 0 Å². The summed E-state index contributed by atoms with van der Waals surface area (Å²) in [6, 6.07) is 17.3. The first-order chi connectivity index (χ1) is 9.34. The zero-order valence-electron chi connectivity index (χ0n) is 10.6. The lowest BCUT2D eigenvalue weighted by Gasteiger charge is -2.30. The minimum Gasteiger partial charge on any atom is -0.378 e. The van der Waals surface area contributed by atoms with Gasteiger partial charge in [-0.2, -0.15) is 0 Å². The highest BCUT2D eigenvalue weighted by molar-refractivity contribution is 6.30. The molecule has 2 aromatic carbocycles. The van der Waals surface area contributed by atoms with Crippen LogP contribution in [-0.4, -0.2) is 26.3 Å². The van der Waals surface area contributed by atoms with Crippen LogP contribution in [0, 0.1) is 6.07 Å². The molecule has 0 saturated carbocycles. The van der Waals surface area contributed by atoms with Crippen molar-refractivity contribution in [3.05, 3.63) is 53.6 Å². The Hall–Kier alpha value is -1.51. The van der Waals surface area contributed by atoms with Gasteiger partial charge < -0.3 is 9.64 Å². The molecule has 1 fully saturated rings. The largest absolute Gasteiger partial charge is 0.378 e. The van der Waals surface area contributed by atoms with Crippen molar-refractivity contribution in [3.63, 3.8) is 0 Å². The standard InChI is InChI=1S/C16H15ClNO/c17-14-5-3-4-13(12-14)15-6-1-2-7-16(15)18-8-10-19-11-9-18/h1-3,5-7,12H,8-11H2. The van der Waals surface area contributed by atoms with Crippen molar-refractivity contribution < 1.29 is 4.74 Å². The van der Waals surface area contributed by atoms with E-state index in [-0.39, 0.29) is 0 Å². The van der Waals surface area contributed by atoms with E-state index in [1.165, 1.54) is 11.3 Å². The number of rotatable bonds is 2. The number of ether oxygens (including phenoxy) is 1. The fourth-order valence-corrected chi connectivity index (χ4v) is 2.55. The van der Waals surface area contributed by atoms with Gasteiger partial charge in [0, 0.05) is 29.4 Å². The topological polar surface area (TPSA) is 12.5 Å². The first-order valence-electron chi connectivity index (χ1n) is 6.44. The number of halogens is 1. The molecule has 0 amide bonds. The van der Waals surface area contributed by atoms with Crippen LogP contribution in [0.25, 0.3) is 11.1 Å². The molecular weight excluding hydrogens is 258 g/mol. The normalized spacial score (nSPS) is 15.5. The second-order valence-electron chi connectivity index (χ2n) is 4.54. The van der Waals surface area contributed by atoms with Crippen molar-refractivity contribution >= 4 is 17.3 Å². The minimum absolute atomic E-state index is 0.741. The van der Waals surface area contributed by atoms with Crippen molar-refractivity contribution in [3.8, 4) is 11.1 Å². The minimum atomic E-state index is 0.741. The van der Waals surface area contributed by atoms with Crippen LogP contribution >= 0.6 is 11.6 Å². The summed E-state index contributed by atoms with van der Waals surface area (Å²) in [6.07, 6.45) is 0. The van der Waals surface area contributed by atoms with Gasteiger partial charge in [0.05, 0.1) is 13.2 Å². The Balaban J connectivity index is 2.01. The zero-order valence-corrected chi connectivity index (χ0v) is 11.4. The molecule has 2 nitrogen and oxygen atoms in total. The molecule has 0 aromatic heterocycles. The predicted octanol–water partition coefficient (Wildman–Crippen LogP) is 3.64. The molecule has 0 atom stereocenters. The molecule has 1 radical (unpaired) electrons. The van der Waals surface area contributed by atoms with E-state index >= 15 is 0 Å². The van der Waals surface area contributed by atoms with Crippen LogP contribution in [-0.2, 0) is 4.74 Å². The maximum Gasteiger partial charge on any atom is 0.0642 e. The van der Waals surface area contributed by atoms with Crippen LogP contribution in [0.4, 0.5) is 5.69 Å². The molecule has 3 rings (SSSR count). The lowest BCUT2D eigenvalue weighted by atomic mass is 10.0. The Morgan fingerprint density at radius 3 is 2.68 bits per heavy atom. The van der Waals surface area contributed by atoms with Gasteiger partial charge in [-0.1, -0.05) is 35.9 Å².